The first-order valence-corrected chi connectivity index (χ1v) is 1.95. The van der Waals surface area contributed by atoms with Crippen molar-refractivity contribution in [1.82, 2.24) is 0 Å². The normalized spacial score (nSPS) is 11.2. The van der Waals surface area contributed by atoms with Gasteiger partial charge in [0.25, 0.3) is 6.18 Å². The van der Waals surface area contributed by atoms with E-state index in [9.17, 15) is 13.2 Å². The van der Waals surface area contributed by atoms with E-state index in [1.165, 1.54) is 0 Å². The molecule has 0 aromatic carbocycles. The van der Waals surface area contributed by atoms with Gasteiger partial charge in [0, 0.05) is 19.5 Å². The number of hydrogen-bond donors (Lipinski definition) is 0. The van der Waals surface area contributed by atoms with Crippen molar-refractivity contribution < 1.29 is 32.6 Å². The molecule has 0 heterocycles. The van der Waals surface area contributed by atoms with E-state index in [1.807, 2.05) is 0 Å². The Kier molecular flexibility index (Phi) is 5.75. The van der Waals surface area contributed by atoms with Crippen molar-refractivity contribution in [3.05, 3.63) is 4.84 Å². The Bertz CT molecular complexity index is 60.8. The van der Waals surface area contributed by atoms with Crippen LogP contribution in [0.3, 0.4) is 0 Å². The molecular weight excluding hydrogens is 217 g/mol. The first-order valence-electron chi connectivity index (χ1n) is 1.19. The average Bonchev–Trinajstić information content (AvgIpc) is 1.31. The van der Waals surface area contributed by atoms with Gasteiger partial charge in [0.2, 0.25) is 0 Å². The van der Waals surface area contributed by atoms with Crippen LogP contribution in [0.4, 0.5) is 13.2 Å². The summed E-state index contributed by atoms with van der Waals surface area (Å²) in [5.41, 5.74) is 0. The topological polar surface area (TPSA) is 0 Å². The Morgan fingerprint density at radius 2 is 1.25 bits per heavy atom. The van der Waals surface area contributed by atoms with E-state index in [2.05, 4.69) is 23.2 Å². The molecule has 0 aliphatic rings. The zero-order valence-corrected chi connectivity index (χ0v) is 8.08. The van der Waals surface area contributed by atoms with Crippen LogP contribution < -0.4 is 0 Å². The molecule has 0 fully saturated rings. The largest absolute Gasteiger partial charge is 0.320 e. The summed E-state index contributed by atoms with van der Waals surface area (Å²) in [7, 11) is 0. The van der Waals surface area contributed by atoms with Crippen LogP contribution in [0.1, 0.15) is 0 Å². The van der Waals surface area contributed by atoms with Gasteiger partial charge < -0.3 is 23.2 Å². The van der Waals surface area contributed by atoms with Crippen LogP contribution in [0.15, 0.2) is 0 Å². The van der Waals surface area contributed by atoms with Crippen molar-refractivity contribution in [2.45, 2.75) is 6.18 Å². The molecule has 0 aliphatic carbocycles. The van der Waals surface area contributed by atoms with Crippen molar-refractivity contribution in [2.24, 2.45) is 0 Å². The Balaban J connectivity index is 0. The van der Waals surface area contributed by atoms with Crippen LogP contribution in [0, 0.1) is 4.84 Å². The van der Waals surface area contributed by atoms with E-state index in [1.54, 1.807) is 0 Å². The SMILES string of the molecule is FC(F)(F)[C-](Cl)Cl.[Zn]. The average molecular weight is 217 g/mol. The molecule has 0 atom stereocenters. The van der Waals surface area contributed by atoms with Gasteiger partial charge >= 0.3 is 0 Å². The van der Waals surface area contributed by atoms with E-state index in [-0.39, 0.29) is 19.5 Å². The van der Waals surface area contributed by atoms with Gasteiger partial charge in [-0.1, -0.05) is 0 Å². The van der Waals surface area contributed by atoms with Crippen LogP contribution in [0.25, 0.3) is 0 Å². The summed E-state index contributed by atoms with van der Waals surface area (Å²) in [6.07, 6.45) is -4.55. The molecule has 0 aromatic heterocycles. The zero-order valence-electron chi connectivity index (χ0n) is 3.60. The molecule has 0 aliphatic heterocycles. The fourth-order valence-electron chi connectivity index (χ4n) is 0. The van der Waals surface area contributed by atoms with E-state index < -0.39 is 11.0 Å². The molecular formula is C2Cl2F3Zn-. The Labute approximate surface area is 67.1 Å². The number of hydrogen-bond acceptors (Lipinski definition) is 0. The summed E-state index contributed by atoms with van der Waals surface area (Å²) in [5, 5.41) is 0. The molecule has 0 unspecified atom stereocenters. The minimum atomic E-state index is -4.55. The van der Waals surface area contributed by atoms with Gasteiger partial charge in [-0.05, 0) is 4.84 Å². The first-order chi connectivity index (χ1) is 2.94. The maximum absolute atomic E-state index is 10.9. The minimum absolute atomic E-state index is 0. The number of alkyl halides is 3. The maximum atomic E-state index is 10.9. The van der Waals surface area contributed by atoms with Crippen LogP contribution in [-0.4, -0.2) is 6.18 Å². The smallest absolute Gasteiger partial charge is 0.298 e. The van der Waals surface area contributed by atoms with Crippen molar-refractivity contribution in [3.8, 4) is 0 Å². The second-order valence-electron chi connectivity index (χ2n) is 0.758. The molecule has 8 heavy (non-hydrogen) atoms. The summed E-state index contributed by atoms with van der Waals surface area (Å²) in [4.78, 5) is -1.56. The second kappa shape index (κ2) is 3.91. The van der Waals surface area contributed by atoms with Gasteiger partial charge in [0.05, 0.1) is 0 Å². The first kappa shape index (κ1) is 11.7. The van der Waals surface area contributed by atoms with Crippen LogP contribution in [-0.2, 0) is 19.5 Å². The molecule has 0 bridgehead atoms. The van der Waals surface area contributed by atoms with Crippen molar-refractivity contribution in [3.63, 3.8) is 0 Å². The van der Waals surface area contributed by atoms with Crippen molar-refractivity contribution in [2.75, 3.05) is 0 Å². The van der Waals surface area contributed by atoms with Gasteiger partial charge in [-0.15, -0.1) is 0 Å². The van der Waals surface area contributed by atoms with E-state index in [0.717, 1.165) is 0 Å². The molecule has 6 heteroatoms. The number of halogens is 5. The Morgan fingerprint density at radius 1 is 1.12 bits per heavy atom. The second-order valence-corrected chi connectivity index (χ2v) is 1.71. The molecule has 0 saturated heterocycles. The van der Waals surface area contributed by atoms with Crippen molar-refractivity contribution in [1.29, 1.82) is 0 Å². The predicted octanol–water partition coefficient (Wildman–Crippen LogP) is 2.51. The summed E-state index contributed by atoms with van der Waals surface area (Å²) in [5.74, 6) is 0. The van der Waals surface area contributed by atoms with Gasteiger partial charge in [-0.25, -0.2) is 13.2 Å². The van der Waals surface area contributed by atoms with Gasteiger partial charge in [-0.3, -0.25) is 0 Å². The standard InChI is InChI=1S/C2Cl2F3.Zn/c3-1(4)2(5,6)7;/q-1;. The quantitative estimate of drug-likeness (QED) is 0.432. The molecule has 0 N–H and O–H groups in total. The van der Waals surface area contributed by atoms with Crippen LogP contribution in [0.5, 0.6) is 0 Å². The monoisotopic (exact) mass is 215 g/mol. The molecule has 0 rings (SSSR count). The van der Waals surface area contributed by atoms with Gasteiger partial charge in [-0.2, -0.15) is 0 Å². The minimum Gasteiger partial charge on any atom is -0.320 e. The Hall–Kier alpha value is 0.993. The summed E-state index contributed by atoms with van der Waals surface area (Å²) >= 11 is 8.62. The fraction of sp³-hybridized carbons (Fsp3) is 0.500. The van der Waals surface area contributed by atoms with Crippen molar-refractivity contribution >= 4 is 23.2 Å². The molecule has 0 saturated carbocycles. The predicted molar refractivity (Wildman–Crippen MR) is 21.0 cm³/mol. The number of rotatable bonds is 0. The molecule has 0 radical (unpaired) electrons. The molecule has 0 aromatic rings. The summed E-state index contributed by atoms with van der Waals surface area (Å²) in [6, 6.07) is 0. The molecule has 0 amide bonds. The molecule has 0 spiro atoms. The van der Waals surface area contributed by atoms with Gasteiger partial charge in [0.1, 0.15) is 0 Å². The van der Waals surface area contributed by atoms with E-state index >= 15 is 0 Å². The summed E-state index contributed by atoms with van der Waals surface area (Å²) < 4.78 is 32.6. The van der Waals surface area contributed by atoms with Crippen LogP contribution in [0.2, 0.25) is 0 Å². The fourth-order valence-corrected chi connectivity index (χ4v) is 0. The molecule has 0 nitrogen and oxygen atoms in total. The third-order valence-electron chi connectivity index (χ3n) is 0.214. The Morgan fingerprint density at radius 3 is 1.25 bits per heavy atom. The maximum Gasteiger partial charge on any atom is 0.298 e. The van der Waals surface area contributed by atoms with E-state index in [4.69, 9.17) is 0 Å². The third-order valence-corrected chi connectivity index (χ3v) is 0.643. The third kappa shape index (κ3) is 5.14. The van der Waals surface area contributed by atoms with E-state index in [0.29, 0.717) is 0 Å². The van der Waals surface area contributed by atoms with Crippen LogP contribution >= 0.6 is 23.2 Å². The summed E-state index contributed by atoms with van der Waals surface area (Å²) in [6.45, 7) is 0. The van der Waals surface area contributed by atoms with Gasteiger partial charge in [0.15, 0.2) is 0 Å². The zero-order chi connectivity index (χ0) is 6.08. The molecule has 46 valence electrons.